The second-order valence-corrected chi connectivity index (χ2v) is 25.7. The van der Waals surface area contributed by atoms with Crippen molar-refractivity contribution in [3.05, 3.63) is 214 Å². The van der Waals surface area contributed by atoms with Gasteiger partial charge in [-0.25, -0.2) is 11.4 Å². The maximum Gasteiger partial charge on any atom is 1.00 e. The van der Waals surface area contributed by atoms with Crippen molar-refractivity contribution in [2.24, 2.45) is 11.5 Å². The Morgan fingerprint density at radius 3 is 1.31 bits per heavy atom. The maximum atomic E-state index is 12.2. The minimum atomic E-state index is -2.08. The summed E-state index contributed by atoms with van der Waals surface area (Å²) in [7, 11) is 0. The molecule has 23 heteroatoms. The molecule has 3 heterocycles. The van der Waals surface area contributed by atoms with Crippen LogP contribution in [0.3, 0.4) is 0 Å². The number of hydrogen-bond acceptors (Lipinski definition) is 13. The number of ether oxygens (including phenoxy) is 1. The molecule has 3 aromatic heterocycles. The monoisotopic (exact) mass is 1390 g/mol. The van der Waals surface area contributed by atoms with E-state index in [-0.39, 0.29) is 122 Å². The van der Waals surface area contributed by atoms with Gasteiger partial charge in [0.15, 0.2) is 11.6 Å². The Morgan fingerprint density at radius 2 is 1.04 bits per heavy atom. The van der Waals surface area contributed by atoms with E-state index >= 15 is 0 Å². The minimum absolute atomic E-state index is 0. The largest absolute Gasteiger partial charge is 1.00 e. The quantitative estimate of drug-likeness (QED) is 0.0146. The van der Waals surface area contributed by atoms with Crippen LogP contribution < -0.4 is 106 Å². The number of benzene rings is 3. The predicted octanol–water partition coefficient (Wildman–Crippen LogP) is 7.38. The number of allylic oxidation sites excluding steroid dienone is 2. The second kappa shape index (κ2) is 54.2. The number of nitriles is 1. The topological polar surface area (TPSA) is 326 Å². The average molecular weight is 1390 g/mol. The van der Waals surface area contributed by atoms with E-state index < -0.39 is 30.1 Å². The van der Waals surface area contributed by atoms with E-state index in [0.717, 1.165) is 59.3 Å². The summed E-state index contributed by atoms with van der Waals surface area (Å²) in [6, 6.07) is 38.7. The number of pyridine rings is 3. The number of primary amides is 1. The second-order valence-electron chi connectivity index (χ2n) is 22.2. The van der Waals surface area contributed by atoms with Gasteiger partial charge in [0.2, 0.25) is 0 Å². The summed E-state index contributed by atoms with van der Waals surface area (Å²) in [5.41, 5.74) is 15.1. The number of aldehydes is 1. The number of hydrogen-bond donors (Lipinski definition) is 6. The van der Waals surface area contributed by atoms with E-state index in [2.05, 4.69) is 67.2 Å². The van der Waals surface area contributed by atoms with E-state index in [0.29, 0.717) is 30.5 Å². The van der Waals surface area contributed by atoms with Crippen LogP contribution in [0.15, 0.2) is 136 Å². The molecule has 0 saturated carbocycles. The number of H-pyrrole nitrogens is 3. The van der Waals surface area contributed by atoms with E-state index in [1.807, 2.05) is 146 Å². The van der Waals surface area contributed by atoms with Crippen LogP contribution >= 0.6 is 30.9 Å². The molecule has 19 nitrogen and oxygen atoms in total. The molecule has 0 radical (unpaired) electrons. The first-order valence-electron chi connectivity index (χ1n) is 30.2. The predicted molar refractivity (Wildman–Crippen MR) is 387 cm³/mol. The zero-order chi connectivity index (χ0) is 71.9. The summed E-state index contributed by atoms with van der Waals surface area (Å²) in [6.07, 6.45) is 7.69. The number of halogens is 2. The van der Waals surface area contributed by atoms with Crippen LogP contribution in [0.1, 0.15) is 160 Å². The number of Topliss-reactive ketones (excluding diaryl/α,β-unsaturated/α-hetero) is 2. The number of alkyl halides is 1. The van der Waals surface area contributed by atoms with Crippen molar-refractivity contribution < 1.29 is 90.0 Å². The smallest absolute Gasteiger partial charge is 0.850 e. The number of aromatic amines is 3. The molecule has 8 N–H and O–H groups in total. The molecule has 6 rings (SSSR count). The Labute approximate surface area is 616 Å². The van der Waals surface area contributed by atoms with Gasteiger partial charge in [-0.05, 0) is 158 Å². The normalized spacial score (nSPS) is 9.83. The van der Waals surface area contributed by atoms with E-state index in [9.17, 15) is 48.3 Å². The molecule has 0 atom stereocenters. The molecular formula is C72H100Cl2KN8O11P. The molecule has 2 amide bonds. The number of aryl methyl sites for hydroxylation is 6. The molecule has 0 unspecified atom stereocenters. The minimum Gasteiger partial charge on any atom is -0.850 e. The molecule has 0 saturated heterocycles. The number of carbonyl (C=O) groups excluding carboxylic acids is 6. The van der Waals surface area contributed by atoms with Gasteiger partial charge in [-0.3, -0.25) is 33.6 Å². The van der Waals surface area contributed by atoms with Crippen molar-refractivity contribution in [2.45, 2.75) is 174 Å². The Balaban J connectivity index is -0.000000340. The molecule has 95 heavy (non-hydrogen) atoms. The fraction of sp³-hybridized carbons (Fsp3) is 0.389. The molecular weight excluding hydrogens is 1290 g/mol. The SMILES string of the molecule is CC(=O)C=P(c1ccccc1)(c1ccccc1)c1ccccc1.CC(=O)CCl.CC(C)(C)[O-].CC/C=C/C(C)=O.CCC=O.CCc1cc(C)[nH]c(=O)c1C#N.CCc1cc(C)[nH]c(=O)c1CN.CCc1cc(C)[nH]c(=O)c1CNC(=O)OC(C)(C)C.Cl.[C-]#[N+]CC(N)=O.[K+]. The number of nitrogens with two attached hydrogens (primary N) is 2. The number of aromatic nitrogens is 3. The number of amides is 2. The van der Waals surface area contributed by atoms with Crippen LogP contribution in [0.2, 0.25) is 0 Å². The molecule has 0 aliphatic heterocycles. The number of ketones is 3. The Kier molecular flexibility index (Phi) is 55.2. The van der Waals surface area contributed by atoms with Crippen LogP contribution in [-0.2, 0) is 61.1 Å². The first kappa shape index (κ1) is 96.8. The van der Waals surface area contributed by atoms with E-state index in [1.54, 1.807) is 61.5 Å². The van der Waals surface area contributed by atoms with Crippen LogP contribution in [-0.4, -0.2) is 80.0 Å². The average Bonchev–Trinajstić information content (AvgIpc) is 0.759. The van der Waals surface area contributed by atoms with Crippen molar-refractivity contribution in [3.63, 3.8) is 0 Å². The Bertz CT molecular complexity index is 3500. The van der Waals surface area contributed by atoms with Crippen molar-refractivity contribution in [3.8, 4) is 6.07 Å². The number of nitrogens with zero attached hydrogens (tertiary/aromatic N) is 2. The van der Waals surface area contributed by atoms with Crippen molar-refractivity contribution in [2.75, 3.05) is 12.4 Å². The van der Waals surface area contributed by atoms with Crippen molar-refractivity contribution in [1.82, 2.24) is 20.3 Å². The van der Waals surface area contributed by atoms with Gasteiger partial charge in [0, 0.05) is 41.2 Å². The Hall–Kier alpha value is -6.91. The van der Waals surface area contributed by atoms with Gasteiger partial charge >= 0.3 is 57.5 Å². The molecule has 3 aromatic carbocycles. The van der Waals surface area contributed by atoms with Crippen LogP contribution in [0.4, 0.5) is 4.79 Å². The first-order valence-corrected chi connectivity index (χ1v) is 32.6. The van der Waals surface area contributed by atoms with E-state index in [1.165, 1.54) is 22.8 Å². The van der Waals surface area contributed by atoms with Crippen LogP contribution in [0.25, 0.3) is 4.85 Å². The third kappa shape index (κ3) is 45.2. The molecule has 0 aliphatic rings. The summed E-state index contributed by atoms with van der Waals surface area (Å²) in [5.74, 6) is 1.76. The van der Waals surface area contributed by atoms with Gasteiger partial charge in [0.25, 0.3) is 29.1 Å². The van der Waals surface area contributed by atoms with E-state index in [4.69, 9.17) is 33.9 Å². The molecule has 0 spiro atoms. The molecule has 0 bridgehead atoms. The van der Waals surface area contributed by atoms with Crippen LogP contribution in [0.5, 0.6) is 0 Å². The fourth-order valence-corrected chi connectivity index (χ4v) is 11.4. The molecule has 0 aliphatic carbocycles. The number of alkyl carbamates (subject to hydrolysis) is 1. The summed E-state index contributed by atoms with van der Waals surface area (Å²) in [4.78, 5) is 107. The molecule has 0 fully saturated rings. The first-order chi connectivity index (χ1) is 43.6. The van der Waals surface area contributed by atoms with Gasteiger partial charge in [-0.1, -0.05) is 152 Å². The fourth-order valence-electron chi connectivity index (χ4n) is 7.55. The standard InChI is InChI=1S/C21H19OP.C14H22N2O3.C9H14N2O.C9H10N2O.C6H10O.C4H9O.C3H5ClO.C3H4N2O.C3H6O.ClH.K/c1-18(22)17-23(19-11-5-2-6-12-19,20-13-7-3-8-14-20)21-15-9-4-10-16-21;1-6-10-7-9(2)16-12(17)11(10)8-15-13(18)19-14(3,4)5;2*1-3-7-4-6(2)11-9(12)8(7)5-10;1-3-4-5-6(2)7;1-4(2,3)5;1-3(5)2-4;1-5-2-3(4)6;1-2-3-4;;/h2-17H,1H3;7H,6,8H2,1-5H3,(H,15,18)(H,16,17);4H,3,5,10H2,1-2H3,(H,11,12);4H,3H2,1-2H3,(H,11,12);4-5H,3H2,1-2H3;1-3H3;2H2,1H3;2H2,(H2,4,6);3H,2H2,1H3;1H;/q;;;;;-1;;;;;+1/b;;;;5-4+;;;;;;. The number of carbonyl (C=O) groups is 6. The van der Waals surface area contributed by atoms with Gasteiger partial charge in [-0.2, -0.15) is 5.26 Å². The maximum absolute atomic E-state index is 12.2. The zero-order valence-corrected chi connectivity index (χ0v) is 64.4. The summed E-state index contributed by atoms with van der Waals surface area (Å²) >= 11 is 4.99. The number of nitrogens with one attached hydrogen (secondary N) is 4. The van der Waals surface area contributed by atoms with Gasteiger partial charge in [0.1, 0.15) is 29.3 Å². The number of rotatable bonds is 15. The van der Waals surface area contributed by atoms with Gasteiger partial charge in [0.05, 0.1) is 12.4 Å². The Morgan fingerprint density at radius 1 is 0.684 bits per heavy atom. The van der Waals surface area contributed by atoms with Crippen molar-refractivity contribution >= 4 is 88.2 Å². The third-order valence-electron chi connectivity index (χ3n) is 11.3. The van der Waals surface area contributed by atoms with Crippen LogP contribution in [0, 0.1) is 38.7 Å². The summed E-state index contributed by atoms with van der Waals surface area (Å²) < 4.78 is 5.13. The van der Waals surface area contributed by atoms with Gasteiger partial charge in [-0.15, -0.1) is 29.6 Å². The summed E-state index contributed by atoms with van der Waals surface area (Å²) in [5, 5.41) is 25.0. The molecule has 514 valence electrons. The van der Waals surface area contributed by atoms with Crippen molar-refractivity contribution in [1.29, 1.82) is 5.26 Å². The third-order valence-corrected chi connectivity index (χ3v) is 15.8. The van der Waals surface area contributed by atoms with Gasteiger partial charge < -0.3 is 51.2 Å². The summed E-state index contributed by atoms with van der Waals surface area (Å²) in [6.45, 7) is 34.5. The molecule has 6 aromatic rings. The zero-order valence-electron chi connectivity index (χ0n) is 58.8.